The number of nitrogens with one attached hydrogen (secondary N) is 2. The number of hydrogen-bond donors (Lipinski definition) is 3. The van der Waals surface area contributed by atoms with Gasteiger partial charge in [0.2, 0.25) is 0 Å². The molecule has 1 aromatic carbocycles. The first-order chi connectivity index (χ1) is 10.9. The molecule has 1 unspecified atom stereocenters. The Balaban J connectivity index is 1.76. The van der Waals surface area contributed by atoms with Crippen LogP contribution < -0.4 is 5.32 Å². The van der Waals surface area contributed by atoms with E-state index in [4.69, 9.17) is 4.42 Å². The Morgan fingerprint density at radius 3 is 2.87 bits per heavy atom. The number of aromatic amines is 1. The van der Waals surface area contributed by atoms with Crippen LogP contribution in [-0.4, -0.2) is 22.5 Å². The molecule has 1 amide bonds. The third-order valence-corrected chi connectivity index (χ3v) is 3.75. The van der Waals surface area contributed by atoms with Crippen molar-refractivity contribution in [2.45, 2.75) is 19.4 Å². The predicted octanol–water partition coefficient (Wildman–Crippen LogP) is 2.85. The first-order valence-corrected chi connectivity index (χ1v) is 7.21. The Morgan fingerprint density at radius 2 is 2.17 bits per heavy atom. The Kier molecular flexibility index (Phi) is 3.69. The molecular formula is C17H17FN2O3. The van der Waals surface area contributed by atoms with Gasteiger partial charge in [-0.15, -0.1) is 0 Å². The second-order valence-corrected chi connectivity index (χ2v) is 5.76. The summed E-state index contributed by atoms with van der Waals surface area (Å²) in [5.41, 5.74) is -0.378. The van der Waals surface area contributed by atoms with Crippen molar-refractivity contribution in [2.24, 2.45) is 0 Å². The van der Waals surface area contributed by atoms with Crippen LogP contribution in [0.2, 0.25) is 0 Å². The molecule has 0 saturated carbocycles. The smallest absolute Gasteiger partial charge is 0.253 e. The minimum absolute atomic E-state index is 0.00729. The van der Waals surface area contributed by atoms with Gasteiger partial charge in [-0.05, 0) is 44.2 Å². The van der Waals surface area contributed by atoms with Crippen molar-refractivity contribution in [2.75, 3.05) is 6.54 Å². The van der Waals surface area contributed by atoms with E-state index in [9.17, 15) is 14.3 Å². The number of benzene rings is 1. The monoisotopic (exact) mass is 316 g/mol. The molecule has 3 aromatic rings. The van der Waals surface area contributed by atoms with Crippen LogP contribution in [0.4, 0.5) is 4.39 Å². The lowest BCUT2D eigenvalue weighted by Crippen LogP contribution is -2.38. The van der Waals surface area contributed by atoms with E-state index < -0.39 is 5.60 Å². The Hall–Kier alpha value is -2.60. The number of furan rings is 1. The number of halogens is 1. The SMILES string of the molecule is Cc1ccc(C(C)(O)CNC(=O)c2c[nH]c3cc(F)ccc23)o1. The average molecular weight is 316 g/mol. The lowest BCUT2D eigenvalue weighted by Gasteiger charge is -2.21. The molecule has 0 aliphatic rings. The van der Waals surface area contributed by atoms with Crippen molar-refractivity contribution < 1.29 is 18.7 Å². The van der Waals surface area contributed by atoms with Crippen LogP contribution in [0.15, 0.2) is 40.9 Å². The number of H-pyrrole nitrogens is 1. The third kappa shape index (κ3) is 2.98. The fourth-order valence-corrected chi connectivity index (χ4v) is 2.45. The van der Waals surface area contributed by atoms with Gasteiger partial charge >= 0.3 is 0 Å². The molecule has 120 valence electrons. The first-order valence-electron chi connectivity index (χ1n) is 7.21. The van der Waals surface area contributed by atoms with Crippen LogP contribution in [0.3, 0.4) is 0 Å². The Labute approximate surface area is 132 Å². The average Bonchev–Trinajstić information content (AvgIpc) is 3.11. The summed E-state index contributed by atoms with van der Waals surface area (Å²) >= 11 is 0. The van der Waals surface area contributed by atoms with E-state index in [0.29, 0.717) is 28.0 Å². The number of aromatic nitrogens is 1. The van der Waals surface area contributed by atoms with Gasteiger partial charge in [0.1, 0.15) is 22.9 Å². The maximum atomic E-state index is 13.2. The second-order valence-electron chi connectivity index (χ2n) is 5.76. The second kappa shape index (κ2) is 5.55. The lowest BCUT2D eigenvalue weighted by molar-refractivity contribution is 0.0323. The molecule has 0 aliphatic heterocycles. The maximum absolute atomic E-state index is 13.2. The minimum Gasteiger partial charge on any atom is -0.463 e. The highest BCUT2D eigenvalue weighted by Crippen LogP contribution is 2.23. The zero-order chi connectivity index (χ0) is 16.6. The number of amides is 1. The van der Waals surface area contributed by atoms with Gasteiger partial charge in [-0.3, -0.25) is 4.79 Å². The number of rotatable bonds is 4. The zero-order valence-corrected chi connectivity index (χ0v) is 12.8. The van der Waals surface area contributed by atoms with E-state index in [2.05, 4.69) is 10.3 Å². The molecule has 1 atom stereocenters. The normalized spacial score (nSPS) is 13.9. The quantitative estimate of drug-likeness (QED) is 0.692. The van der Waals surface area contributed by atoms with Crippen LogP contribution in [0, 0.1) is 12.7 Å². The summed E-state index contributed by atoms with van der Waals surface area (Å²) in [7, 11) is 0. The lowest BCUT2D eigenvalue weighted by atomic mass is 10.0. The number of aliphatic hydroxyl groups is 1. The largest absolute Gasteiger partial charge is 0.463 e. The van der Waals surface area contributed by atoms with Gasteiger partial charge in [-0.2, -0.15) is 0 Å². The molecule has 23 heavy (non-hydrogen) atoms. The van der Waals surface area contributed by atoms with E-state index in [1.807, 2.05) is 0 Å². The minimum atomic E-state index is -1.32. The first kappa shape index (κ1) is 15.3. The van der Waals surface area contributed by atoms with E-state index in [-0.39, 0.29) is 18.3 Å². The number of carbonyl (C=O) groups is 1. The van der Waals surface area contributed by atoms with Gasteiger partial charge in [-0.25, -0.2) is 4.39 Å². The van der Waals surface area contributed by atoms with Crippen LogP contribution in [-0.2, 0) is 5.60 Å². The molecule has 0 saturated heterocycles. The van der Waals surface area contributed by atoms with E-state index in [1.165, 1.54) is 18.3 Å². The van der Waals surface area contributed by atoms with Crippen molar-refractivity contribution in [3.63, 3.8) is 0 Å². The molecule has 0 spiro atoms. The summed E-state index contributed by atoms with van der Waals surface area (Å²) in [4.78, 5) is 15.2. The fourth-order valence-electron chi connectivity index (χ4n) is 2.45. The van der Waals surface area contributed by atoms with Crippen molar-refractivity contribution in [1.82, 2.24) is 10.3 Å². The summed E-state index contributed by atoms with van der Waals surface area (Å²) in [6, 6.07) is 7.60. The molecule has 2 aromatic heterocycles. The maximum Gasteiger partial charge on any atom is 0.253 e. The summed E-state index contributed by atoms with van der Waals surface area (Å²) in [5, 5.41) is 13.7. The van der Waals surface area contributed by atoms with E-state index in [0.717, 1.165) is 0 Å². The predicted molar refractivity (Wildman–Crippen MR) is 83.6 cm³/mol. The molecule has 2 heterocycles. The molecule has 0 aliphatic carbocycles. The van der Waals surface area contributed by atoms with Crippen LogP contribution in [0.5, 0.6) is 0 Å². The molecular weight excluding hydrogens is 299 g/mol. The summed E-state index contributed by atoms with van der Waals surface area (Å²) < 4.78 is 18.6. The van der Waals surface area contributed by atoms with Gasteiger partial charge in [0.05, 0.1) is 12.1 Å². The van der Waals surface area contributed by atoms with Crippen molar-refractivity contribution in [3.05, 3.63) is 59.4 Å². The number of fused-ring (bicyclic) bond motifs is 1. The number of hydrogen-bond acceptors (Lipinski definition) is 3. The van der Waals surface area contributed by atoms with Gasteiger partial charge in [-0.1, -0.05) is 0 Å². The van der Waals surface area contributed by atoms with Crippen LogP contribution >= 0.6 is 0 Å². The zero-order valence-electron chi connectivity index (χ0n) is 12.8. The Bertz CT molecular complexity index is 864. The number of aryl methyl sites for hydroxylation is 1. The molecule has 5 nitrogen and oxygen atoms in total. The highest BCUT2D eigenvalue weighted by Gasteiger charge is 2.28. The molecule has 0 radical (unpaired) electrons. The summed E-state index contributed by atoms with van der Waals surface area (Å²) in [6.07, 6.45) is 1.52. The molecule has 3 N–H and O–H groups in total. The number of carbonyl (C=O) groups excluding carboxylic acids is 1. The third-order valence-electron chi connectivity index (χ3n) is 3.75. The van der Waals surface area contributed by atoms with Crippen molar-refractivity contribution >= 4 is 16.8 Å². The fraction of sp³-hybridized carbons (Fsp3) is 0.235. The van der Waals surface area contributed by atoms with Crippen molar-refractivity contribution in [3.8, 4) is 0 Å². The summed E-state index contributed by atoms with van der Waals surface area (Å²) in [6.45, 7) is 3.34. The topological polar surface area (TPSA) is 78.3 Å². The van der Waals surface area contributed by atoms with E-state index >= 15 is 0 Å². The molecule has 3 rings (SSSR count). The van der Waals surface area contributed by atoms with Gasteiger partial charge in [0.15, 0.2) is 0 Å². The van der Waals surface area contributed by atoms with Gasteiger partial charge in [0.25, 0.3) is 5.91 Å². The molecule has 6 heteroatoms. The highest BCUT2D eigenvalue weighted by molar-refractivity contribution is 6.06. The van der Waals surface area contributed by atoms with Crippen LogP contribution in [0.1, 0.15) is 28.8 Å². The van der Waals surface area contributed by atoms with E-state index in [1.54, 1.807) is 32.0 Å². The standard InChI is InChI=1S/C17H17FN2O3/c1-10-3-6-15(23-10)17(2,22)9-20-16(21)13-8-19-14-7-11(18)4-5-12(13)14/h3-8,19,22H,9H2,1-2H3,(H,20,21). The van der Waals surface area contributed by atoms with Gasteiger partial charge < -0.3 is 19.8 Å². The van der Waals surface area contributed by atoms with Crippen LogP contribution in [0.25, 0.3) is 10.9 Å². The van der Waals surface area contributed by atoms with Crippen molar-refractivity contribution in [1.29, 1.82) is 0 Å². The highest BCUT2D eigenvalue weighted by atomic mass is 19.1. The summed E-state index contributed by atoms with van der Waals surface area (Å²) in [5.74, 6) is 0.343. The molecule has 0 bridgehead atoms. The Morgan fingerprint density at radius 1 is 1.39 bits per heavy atom. The molecule has 0 fully saturated rings. The van der Waals surface area contributed by atoms with Gasteiger partial charge in [0, 0.05) is 17.1 Å².